The normalized spacial score (nSPS) is 17.9. The van der Waals surface area contributed by atoms with Crippen LogP contribution in [0.2, 0.25) is 5.02 Å². The molecule has 0 saturated carbocycles. The first kappa shape index (κ1) is 15.2. The number of benzene rings is 2. The number of hydrogen-bond donors (Lipinski definition) is 0. The molecule has 1 atom stereocenters. The van der Waals surface area contributed by atoms with Crippen molar-refractivity contribution >= 4 is 17.6 Å². The van der Waals surface area contributed by atoms with E-state index in [1.807, 2.05) is 54.6 Å². The van der Waals surface area contributed by atoms with Crippen molar-refractivity contribution in [2.24, 2.45) is 0 Å². The summed E-state index contributed by atoms with van der Waals surface area (Å²) in [6.45, 7) is 1.99. The van der Waals surface area contributed by atoms with E-state index in [0.717, 1.165) is 22.7 Å². The minimum absolute atomic E-state index is 0.0388. The Morgan fingerprint density at radius 1 is 1.04 bits per heavy atom. The molecule has 0 radical (unpaired) electrons. The number of hydrogen-bond acceptors (Lipinski definition) is 5. The van der Waals surface area contributed by atoms with Gasteiger partial charge in [-0.1, -0.05) is 59.2 Å². The van der Waals surface area contributed by atoms with Crippen molar-refractivity contribution in [3.63, 3.8) is 0 Å². The molecule has 0 bridgehead atoms. The molecule has 6 heteroatoms. The van der Waals surface area contributed by atoms with E-state index in [1.54, 1.807) is 0 Å². The fourth-order valence-electron chi connectivity index (χ4n) is 2.75. The molecule has 0 N–H and O–H groups in total. The van der Waals surface area contributed by atoms with Crippen LogP contribution in [0.1, 0.15) is 11.7 Å². The van der Waals surface area contributed by atoms with Crippen LogP contribution in [0, 0.1) is 0 Å². The SMILES string of the molecule is Clc1ccc(C2CN(c3nc(-c4ccccc4)no3)CCO2)cc1. The summed E-state index contributed by atoms with van der Waals surface area (Å²) in [7, 11) is 0. The van der Waals surface area contributed by atoms with Gasteiger partial charge in [-0.15, -0.1) is 0 Å². The van der Waals surface area contributed by atoms with Crippen molar-refractivity contribution in [1.82, 2.24) is 10.1 Å². The molecule has 4 rings (SSSR count). The average molecular weight is 342 g/mol. The fourth-order valence-corrected chi connectivity index (χ4v) is 2.88. The molecule has 1 aliphatic heterocycles. The third-order valence-electron chi connectivity index (χ3n) is 4.03. The van der Waals surface area contributed by atoms with E-state index in [0.29, 0.717) is 25.0 Å². The zero-order chi connectivity index (χ0) is 16.4. The number of ether oxygens (including phenoxy) is 1. The Kier molecular flexibility index (Phi) is 4.19. The second kappa shape index (κ2) is 6.63. The Labute approximate surface area is 144 Å². The third kappa shape index (κ3) is 3.13. The number of rotatable bonds is 3. The van der Waals surface area contributed by atoms with Gasteiger partial charge in [-0.25, -0.2) is 0 Å². The summed E-state index contributed by atoms with van der Waals surface area (Å²) in [5, 5.41) is 4.80. The molecule has 0 spiro atoms. The van der Waals surface area contributed by atoms with Gasteiger partial charge in [-0.2, -0.15) is 4.98 Å². The van der Waals surface area contributed by atoms with Gasteiger partial charge in [0.1, 0.15) is 6.10 Å². The largest absolute Gasteiger partial charge is 0.370 e. The van der Waals surface area contributed by atoms with E-state index >= 15 is 0 Å². The molecule has 1 aromatic heterocycles. The van der Waals surface area contributed by atoms with Crippen LogP contribution in [0.5, 0.6) is 0 Å². The zero-order valence-electron chi connectivity index (χ0n) is 12.9. The van der Waals surface area contributed by atoms with Crippen molar-refractivity contribution in [2.75, 3.05) is 24.6 Å². The minimum Gasteiger partial charge on any atom is -0.370 e. The first-order chi connectivity index (χ1) is 11.8. The van der Waals surface area contributed by atoms with Crippen LogP contribution in [0.15, 0.2) is 59.1 Å². The summed E-state index contributed by atoms with van der Waals surface area (Å²) in [6, 6.07) is 18.0. The van der Waals surface area contributed by atoms with Gasteiger partial charge in [0, 0.05) is 17.1 Å². The standard InChI is InChI=1S/C18H16ClN3O2/c19-15-8-6-13(7-9-15)16-12-22(10-11-23-16)18-20-17(21-24-18)14-4-2-1-3-5-14/h1-9,16H,10-12H2. The first-order valence-electron chi connectivity index (χ1n) is 7.81. The van der Waals surface area contributed by atoms with E-state index < -0.39 is 0 Å². The highest BCUT2D eigenvalue weighted by molar-refractivity contribution is 6.30. The lowest BCUT2D eigenvalue weighted by molar-refractivity contribution is 0.0376. The van der Waals surface area contributed by atoms with E-state index in [1.165, 1.54) is 0 Å². The van der Waals surface area contributed by atoms with Gasteiger partial charge in [-0.05, 0) is 17.7 Å². The minimum atomic E-state index is -0.0388. The van der Waals surface area contributed by atoms with Gasteiger partial charge in [0.15, 0.2) is 0 Å². The van der Waals surface area contributed by atoms with Gasteiger partial charge in [0.2, 0.25) is 5.82 Å². The molecule has 1 aliphatic rings. The number of nitrogens with zero attached hydrogens (tertiary/aromatic N) is 3. The van der Waals surface area contributed by atoms with Crippen LogP contribution in [0.3, 0.4) is 0 Å². The van der Waals surface area contributed by atoms with Crippen LogP contribution in [0.25, 0.3) is 11.4 Å². The maximum absolute atomic E-state index is 5.95. The quantitative estimate of drug-likeness (QED) is 0.721. The maximum atomic E-state index is 5.95. The number of morpholine rings is 1. The second-order valence-corrected chi connectivity index (χ2v) is 6.06. The van der Waals surface area contributed by atoms with Gasteiger partial charge in [-0.3, -0.25) is 0 Å². The number of anilines is 1. The molecule has 2 heterocycles. The molecule has 0 aliphatic carbocycles. The summed E-state index contributed by atoms with van der Waals surface area (Å²) in [6.07, 6.45) is -0.0388. The number of aromatic nitrogens is 2. The fraction of sp³-hybridized carbons (Fsp3) is 0.222. The predicted octanol–water partition coefficient (Wildman–Crippen LogP) is 3.97. The molecule has 0 amide bonds. The van der Waals surface area contributed by atoms with Crippen molar-refractivity contribution in [1.29, 1.82) is 0 Å². The maximum Gasteiger partial charge on any atom is 0.324 e. The van der Waals surface area contributed by atoms with Crippen molar-refractivity contribution in [3.8, 4) is 11.4 Å². The number of halogens is 1. The van der Waals surface area contributed by atoms with Crippen LogP contribution < -0.4 is 4.90 Å². The lowest BCUT2D eigenvalue weighted by atomic mass is 10.1. The third-order valence-corrected chi connectivity index (χ3v) is 4.28. The zero-order valence-corrected chi connectivity index (χ0v) is 13.7. The van der Waals surface area contributed by atoms with Crippen molar-refractivity contribution < 1.29 is 9.26 Å². The van der Waals surface area contributed by atoms with Crippen LogP contribution in [-0.2, 0) is 4.74 Å². The summed E-state index contributed by atoms with van der Waals surface area (Å²) in [5.41, 5.74) is 2.03. The van der Waals surface area contributed by atoms with Crippen LogP contribution in [0.4, 0.5) is 6.01 Å². The van der Waals surface area contributed by atoms with Crippen molar-refractivity contribution in [3.05, 3.63) is 65.2 Å². The summed E-state index contributed by atoms with van der Waals surface area (Å²) < 4.78 is 11.3. The topological polar surface area (TPSA) is 51.4 Å². The molecule has 3 aromatic rings. The van der Waals surface area contributed by atoms with E-state index in [9.17, 15) is 0 Å². The Hall–Kier alpha value is -2.37. The highest BCUT2D eigenvalue weighted by Crippen LogP contribution is 2.27. The molecule has 1 fully saturated rings. The Morgan fingerprint density at radius 3 is 2.62 bits per heavy atom. The molecule has 1 unspecified atom stereocenters. The Morgan fingerprint density at radius 2 is 1.83 bits per heavy atom. The van der Waals surface area contributed by atoms with Crippen LogP contribution >= 0.6 is 11.6 Å². The molecule has 24 heavy (non-hydrogen) atoms. The smallest absolute Gasteiger partial charge is 0.324 e. The average Bonchev–Trinajstić information content (AvgIpc) is 3.13. The summed E-state index contributed by atoms with van der Waals surface area (Å²) >= 11 is 5.95. The second-order valence-electron chi connectivity index (χ2n) is 5.62. The van der Waals surface area contributed by atoms with Gasteiger partial charge in [0.25, 0.3) is 0 Å². The molecule has 122 valence electrons. The van der Waals surface area contributed by atoms with Gasteiger partial charge >= 0.3 is 6.01 Å². The molecule has 2 aromatic carbocycles. The monoisotopic (exact) mass is 341 g/mol. The Balaban J connectivity index is 1.52. The summed E-state index contributed by atoms with van der Waals surface area (Å²) in [4.78, 5) is 6.58. The van der Waals surface area contributed by atoms with E-state index in [-0.39, 0.29) is 6.10 Å². The van der Waals surface area contributed by atoms with Gasteiger partial charge in [0.05, 0.1) is 13.2 Å². The van der Waals surface area contributed by atoms with E-state index in [4.69, 9.17) is 20.9 Å². The highest BCUT2D eigenvalue weighted by atomic mass is 35.5. The molecule has 5 nitrogen and oxygen atoms in total. The lowest BCUT2D eigenvalue weighted by Crippen LogP contribution is -2.38. The van der Waals surface area contributed by atoms with E-state index in [2.05, 4.69) is 15.0 Å². The predicted molar refractivity (Wildman–Crippen MR) is 92.1 cm³/mol. The first-order valence-corrected chi connectivity index (χ1v) is 8.18. The lowest BCUT2D eigenvalue weighted by Gasteiger charge is -2.31. The molecular weight excluding hydrogens is 326 g/mol. The molecule has 1 saturated heterocycles. The van der Waals surface area contributed by atoms with Crippen molar-refractivity contribution in [2.45, 2.75) is 6.10 Å². The van der Waals surface area contributed by atoms with Crippen LogP contribution in [-0.4, -0.2) is 29.8 Å². The Bertz CT molecular complexity index is 805. The highest BCUT2D eigenvalue weighted by Gasteiger charge is 2.25. The molecular formula is C18H16ClN3O2. The summed E-state index contributed by atoms with van der Waals surface area (Å²) in [5.74, 6) is 0.597. The van der Waals surface area contributed by atoms with Gasteiger partial charge < -0.3 is 14.2 Å².